The molecule has 3 atom stereocenters. The maximum Gasteiger partial charge on any atom is 0.351 e. The summed E-state index contributed by atoms with van der Waals surface area (Å²) in [6, 6.07) is 1.22. The quantitative estimate of drug-likeness (QED) is 0.417. The highest BCUT2D eigenvalue weighted by molar-refractivity contribution is 5.72. The second kappa shape index (κ2) is 10.8. The van der Waals surface area contributed by atoms with Gasteiger partial charge in [-0.2, -0.15) is 9.37 Å². The van der Waals surface area contributed by atoms with Crippen LogP contribution in [0.2, 0.25) is 0 Å². The SMILES string of the molecule is C=C[C@](COC(=O)C(C)C)(O[C@H](CF)n1ccc(N)nc1=O)[C@H](F)OC(=O)C(C)C. The van der Waals surface area contributed by atoms with Gasteiger partial charge < -0.3 is 19.9 Å². The highest BCUT2D eigenvalue weighted by Gasteiger charge is 2.45. The van der Waals surface area contributed by atoms with Gasteiger partial charge in [0.25, 0.3) is 6.36 Å². The molecule has 0 aliphatic heterocycles. The second-order valence-corrected chi connectivity index (χ2v) is 7.10. The van der Waals surface area contributed by atoms with Crippen LogP contribution in [-0.2, 0) is 23.8 Å². The number of alkyl halides is 2. The topological polar surface area (TPSA) is 123 Å². The molecule has 0 spiro atoms. The summed E-state index contributed by atoms with van der Waals surface area (Å²) in [5.41, 5.74) is 2.16. The number of esters is 2. The van der Waals surface area contributed by atoms with Crippen LogP contribution >= 0.6 is 0 Å². The Morgan fingerprint density at radius 3 is 2.37 bits per heavy atom. The summed E-state index contributed by atoms with van der Waals surface area (Å²) < 4.78 is 44.8. The lowest BCUT2D eigenvalue weighted by atomic mass is 10.0. The summed E-state index contributed by atoms with van der Waals surface area (Å²) in [6.45, 7) is 7.44. The van der Waals surface area contributed by atoms with Crippen molar-refractivity contribution in [3.8, 4) is 0 Å². The fraction of sp³-hybridized carbons (Fsp3) is 0.579. The van der Waals surface area contributed by atoms with Gasteiger partial charge in [0, 0.05) is 6.20 Å². The summed E-state index contributed by atoms with van der Waals surface area (Å²) >= 11 is 0. The van der Waals surface area contributed by atoms with Crippen LogP contribution in [0.15, 0.2) is 29.7 Å². The molecule has 9 nitrogen and oxygen atoms in total. The second-order valence-electron chi connectivity index (χ2n) is 7.10. The molecule has 0 amide bonds. The molecule has 0 bridgehead atoms. The number of hydrogen-bond acceptors (Lipinski definition) is 8. The average Bonchev–Trinajstić information content (AvgIpc) is 2.68. The molecule has 11 heteroatoms. The summed E-state index contributed by atoms with van der Waals surface area (Å²) in [5.74, 6) is -2.94. The van der Waals surface area contributed by atoms with Gasteiger partial charge in [0.15, 0.2) is 11.8 Å². The number of aromatic nitrogens is 2. The van der Waals surface area contributed by atoms with E-state index in [1.165, 1.54) is 19.9 Å². The first-order valence-electron chi connectivity index (χ1n) is 9.20. The standard InChI is InChI=1S/C19H27F2N3O6/c1-6-19(10-28-15(25)11(2)3,17(21)29-16(26)12(4)5)30-14(9-20)24-8-7-13(22)23-18(24)27/h6-8,11-12,14,17H,1,9-10H2,2-5H3,(H2,22,23,27)/t14-,17-,19-/m1/s1. The Balaban J connectivity index is 3.30. The van der Waals surface area contributed by atoms with Crippen LogP contribution in [0.4, 0.5) is 14.6 Å². The molecule has 0 saturated carbocycles. The molecule has 0 aliphatic rings. The fourth-order valence-electron chi connectivity index (χ4n) is 2.10. The number of nitrogen functional groups attached to an aromatic ring is 1. The molecular formula is C19H27F2N3O6. The first kappa shape index (κ1) is 25.2. The van der Waals surface area contributed by atoms with E-state index < -0.39 is 60.9 Å². The van der Waals surface area contributed by atoms with E-state index in [-0.39, 0.29) is 5.82 Å². The maximum atomic E-state index is 15.1. The van der Waals surface area contributed by atoms with Crippen LogP contribution in [0.3, 0.4) is 0 Å². The zero-order chi connectivity index (χ0) is 23.1. The van der Waals surface area contributed by atoms with Crippen LogP contribution in [0.1, 0.15) is 33.9 Å². The lowest BCUT2D eigenvalue weighted by molar-refractivity contribution is -0.230. The van der Waals surface area contributed by atoms with Gasteiger partial charge in [-0.3, -0.25) is 14.2 Å². The molecule has 0 fully saturated rings. The van der Waals surface area contributed by atoms with E-state index in [2.05, 4.69) is 11.6 Å². The monoisotopic (exact) mass is 431 g/mol. The Hall–Kier alpha value is -2.82. The number of carbonyl (C=O) groups excluding carboxylic acids is 2. The molecule has 1 aromatic heterocycles. The molecule has 0 radical (unpaired) electrons. The number of ether oxygens (including phenoxy) is 3. The Morgan fingerprint density at radius 1 is 1.30 bits per heavy atom. The smallest absolute Gasteiger partial charge is 0.351 e. The molecule has 30 heavy (non-hydrogen) atoms. The van der Waals surface area contributed by atoms with E-state index in [9.17, 15) is 18.8 Å². The number of carbonyl (C=O) groups is 2. The first-order chi connectivity index (χ1) is 14.0. The minimum atomic E-state index is -2.52. The van der Waals surface area contributed by atoms with E-state index in [4.69, 9.17) is 19.9 Å². The van der Waals surface area contributed by atoms with Gasteiger partial charge in [-0.15, -0.1) is 0 Å². The largest absolute Gasteiger partial charge is 0.462 e. The van der Waals surface area contributed by atoms with Gasteiger partial charge in [0.2, 0.25) is 0 Å². The average molecular weight is 431 g/mol. The molecule has 1 aromatic rings. The number of anilines is 1. The van der Waals surface area contributed by atoms with Crippen LogP contribution < -0.4 is 11.4 Å². The summed E-state index contributed by atoms with van der Waals surface area (Å²) in [4.78, 5) is 39.2. The maximum absolute atomic E-state index is 15.1. The van der Waals surface area contributed by atoms with Crippen LogP contribution in [-0.4, -0.2) is 46.7 Å². The Morgan fingerprint density at radius 2 is 1.90 bits per heavy atom. The molecule has 168 valence electrons. The van der Waals surface area contributed by atoms with E-state index >= 15 is 4.39 Å². The number of nitrogens with zero attached hydrogens (tertiary/aromatic N) is 2. The zero-order valence-corrected chi connectivity index (χ0v) is 17.3. The van der Waals surface area contributed by atoms with Gasteiger partial charge in [0.05, 0.1) is 11.8 Å². The minimum absolute atomic E-state index is 0.107. The number of hydrogen-bond donors (Lipinski definition) is 1. The lowest BCUT2D eigenvalue weighted by Gasteiger charge is -2.35. The number of rotatable bonds is 11. The molecule has 1 rings (SSSR count). The Kier molecular flexibility index (Phi) is 9.09. The van der Waals surface area contributed by atoms with Crippen molar-refractivity contribution in [3.63, 3.8) is 0 Å². The molecule has 0 saturated heterocycles. The third kappa shape index (κ3) is 6.34. The van der Waals surface area contributed by atoms with Gasteiger partial charge in [0.1, 0.15) is 19.1 Å². The van der Waals surface area contributed by atoms with E-state index in [1.54, 1.807) is 13.8 Å². The summed E-state index contributed by atoms with van der Waals surface area (Å²) in [6.07, 6.45) is -2.22. The molecule has 0 unspecified atom stereocenters. The Bertz CT molecular complexity index is 814. The third-order valence-electron chi connectivity index (χ3n) is 3.98. The lowest BCUT2D eigenvalue weighted by Crippen LogP contribution is -2.50. The van der Waals surface area contributed by atoms with Gasteiger partial charge >= 0.3 is 17.6 Å². The van der Waals surface area contributed by atoms with Crippen molar-refractivity contribution in [2.45, 2.75) is 45.9 Å². The summed E-state index contributed by atoms with van der Waals surface area (Å²) in [5, 5.41) is 0. The number of halogens is 2. The summed E-state index contributed by atoms with van der Waals surface area (Å²) in [7, 11) is 0. The molecule has 0 aliphatic carbocycles. The zero-order valence-electron chi connectivity index (χ0n) is 17.3. The third-order valence-corrected chi connectivity index (χ3v) is 3.98. The van der Waals surface area contributed by atoms with Crippen molar-refractivity contribution < 1.29 is 32.6 Å². The van der Waals surface area contributed by atoms with E-state index in [1.807, 2.05) is 0 Å². The van der Waals surface area contributed by atoms with Crippen molar-refractivity contribution in [3.05, 3.63) is 35.4 Å². The van der Waals surface area contributed by atoms with Gasteiger partial charge in [-0.25, -0.2) is 9.18 Å². The molecule has 0 aromatic carbocycles. The van der Waals surface area contributed by atoms with E-state index in [0.717, 1.165) is 16.8 Å². The van der Waals surface area contributed by atoms with Crippen molar-refractivity contribution >= 4 is 17.8 Å². The highest BCUT2D eigenvalue weighted by atomic mass is 19.1. The van der Waals surface area contributed by atoms with Crippen LogP contribution in [0, 0.1) is 11.8 Å². The minimum Gasteiger partial charge on any atom is -0.462 e. The predicted octanol–water partition coefficient (Wildman–Crippen LogP) is 1.93. The van der Waals surface area contributed by atoms with Crippen molar-refractivity contribution in [2.24, 2.45) is 11.8 Å². The van der Waals surface area contributed by atoms with Crippen molar-refractivity contribution in [2.75, 3.05) is 19.0 Å². The molecule has 2 N–H and O–H groups in total. The highest BCUT2D eigenvalue weighted by Crippen LogP contribution is 2.29. The van der Waals surface area contributed by atoms with Crippen molar-refractivity contribution in [1.82, 2.24) is 9.55 Å². The normalized spacial score (nSPS) is 15.3. The van der Waals surface area contributed by atoms with Gasteiger partial charge in [-0.05, 0) is 12.1 Å². The van der Waals surface area contributed by atoms with Gasteiger partial charge in [-0.1, -0.05) is 34.3 Å². The number of nitrogens with two attached hydrogens (primary N) is 1. The molecule has 1 heterocycles. The van der Waals surface area contributed by atoms with Crippen LogP contribution in [0.25, 0.3) is 0 Å². The first-order valence-corrected chi connectivity index (χ1v) is 9.20. The Labute approximate surface area is 172 Å². The fourth-order valence-corrected chi connectivity index (χ4v) is 2.10. The molecular weight excluding hydrogens is 404 g/mol. The predicted molar refractivity (Wildman–Crippen MR) is 104 cm³/mol. The van der Waals surface area contributed by atoms with Crippen LogP contribution in [0.5, 0.6) is 0 Å². The van der Waals surface area contributed by atoms with Crippen molar-refractivity contribution in [1.29, 1.82) is 0 Å². The van der Waals surface area contributed by atoms with E-state index in [0.29, 0.717) is 0 Å².